The molecule has 0 heterocycles. The molecular weight excluding hydrogens is 287 g/mol. The van der Waals surface area contributed by atoms with E-state index >= 15 is 0 Å². The van der Waals surface area contributed by atoms with Crippen LogP contribution in [-0.4, -0.2) is 14.7 Å². The minimum Gasteiger partial charge on any atom is -0.224 e. The molecule has 0 unspecified atom stereocenters. The third kappa shape index (κ3) is 3.32. The highest BCUT2D eigenvalue weighted by atomic mass is 32.2. The van der Waals surface area contributed by atoms with E-state index in [0.29, 0.717) is 16.7 Å². The Labute approximate surface area is 125 Å². The first kappa shape index (κ1) is 15.7. The summed E-state index contributed by atoms with van der Waals surface area (Å²) in [7, 11) is -3.31. The van der Waals surface area contributed by atoms with Crippen LogP contribution in [0.25, 0.3) is 11.1 Å². The van der Waals surface area contributed by atoms with Gasteiger partial charge in [0.05, 0.1) is 4.90 Å². The molecule has 0 aliphatic heterocycles. The maximum absolute atomic E-state index is 14.7. The lowest BCUT2D eigenvalue weighted by molar-refractivity contribution is 0.525. The van der Waals surface area contributed by atoms with Crippen molar-refractivity contribution in [2.45, 2.75) is 31.1 Å². The van der Waals surface area contributed by atoms with E-state index < -0.39 is 9.84 Å². The van der Waals surface area contributed by atoms with Gasteiger partial charge >= 0.3 is 0 Å². The zero-order valence-corrected chi connectivity index (χ0v) is 13.5. The number of hydrogen-bond donors (Lipinski definition) is 0. The van der Waals surface area contributed by atoms with Gasteiger partial charge in [-0.3, -0.25) is 0 Å². The van der Waals surface area contributed by atoms with Crippen molar-refractivity contribution in [2.24, 2.45) is 0 Å². The second kappa shape index (κ2) is 5.26. The highest BCUT2D eigenvalue weighted by Gasteiger charge is 2.21. The lowest BCUT2D eigenvalue weighted by atomic mass is 9.85. The van der Waals surface area contributed by atoms with Crippen LogP contribution >= 0.6 is 0 Å². The largest absolute Gasteiger partial charge is 0.224 e. The fourth-order valence-electron chi connectivity index (χ4n) is 2.23. The predicted molar refractivity (Wildman–Crippen MR) is 83.6 cm³/mol. The highest BCUT2D eigenvalue weighted by Crippen LogP contribution is 2.32. The molecule has 0 saturated heterocycles. The fraction of sp³-hybridized carbons (Fsp3) is 0.294. The molecule has 4 heteroatoms. The van der Waals surface area contributed by atoms with Crippen LogP contribution in [0.1, 0.15) is 26.3 Å². The Kier molecular flexibility index (Phi) is 3.93. The molecule has 0 N–H and O–H groups in total. The molecule has 2 aromatic rings. The van der Waals surface area contributed by atoms with Crippen molar-refractivity contribution >= 4 is 9.84 Å². The van der Waals surface area contributed by atoms with E-state index in [1.165, 1.54) is 12.1 Å². The van der Waals surface area contributed by atoms with Gasteiger partial charge in [0, 0.05) is 11.8 Å². The first-order valence-corrected chi connectivity index (χ1v) is 8.59. The summed E-state index contributed by atoms with van der Waals surface area (Å²) in [4.78, 5) is 0.195. The monoisotopic (exact) mass is 306 g/mol. The summed E-state index contributed by atoms with van der Waals surface area (Å²) in [6.07, 6.45) is 1.15. The van der Waals surface area contributed by atoms with Crippen LogP contribution in [0, 0.1) is 5.82 Å². The SMILES string of the molecule is CC(C)(C)c1cccc(-c2cccc(S(C)(=O)=O)c2)c1F. The number of hydrogen-bond acceptors (Lipinski definition) is 2. The van der Waals surface area contributed by atoms with E-state index in [2.05, 4.69) is 0 Å². The van der Waals surface area contributed by atoms with Crippen LogP contribution in [0.4, 0.5) is 4.39 Å². The minimum atomic E-state index is -3.31. The lowest BCUT2D eigenvalue weighted by Crippen LogP contribution is -2.14. The number of rotatable bonds is 2. The summed E-state index contributed by atoms with van der Waals surface area (Å²) in [5.41, 5.74) is 1.30. The summed E-state index contributed by atoms with van der Waals surface area (Å²) in [6.45, 7) is 5.84. The van der Waals surface area contributed by atoms with Crippen molar-refractivity contribution in [3.05, 3.63) is 53.8 Å². The molecule has 0 aliphatic carbocycles. The molecule has 0 bridgehead atoms. The summed E-state index contributed by atoms with van der Waals surface area (Å²) in [5.74, 6) is -0.296. The van der Waals surface area contributed by atoms with Gasteiger partial charge in [0.15, 0.2) is 9.84 Å². The van der Waals surface area contributed by atoms with Crippen molar-refractivity contribution in [2.75, 3.05) is 6.26 Å². The summed E-state index contributed by atoms with van der Waals surface area (Å²) in [5, 5.41) is 0. The molecule has 2 nitrogen and oxygen atoms in total. The third-order valence-corrected chi connectivity index (χ3v) is 4.49. The quantitative estimate of drug-likeness (QED) is 0.833. The Morgan fingerprint density at radius 1 is 1.00 bits per heavy atom. The number of sulfone groups is 1. The van der Waals surface area contributed by atoms with Gasteiger partial charge in [0.25, 0.3) is 0 Å². The first-order valence-electron chi connectivity index (χ1n) is 6.70. The molecule has 0 fully saturated rings. The second-order valence-electron chi connectivity index (χ2n) is 6.22. The van der Waals surface area contributed by atoms with Gasteiger partial charge in [-0.2, -0.15) is 0 Å². The Hall–Kier alpha value is -1.68. The summed E-state index contributed by atoms with van der Waals surface area (Å²) in [6, 6.07) is 11.6. The van der Waals surface area contributed by atoms with E-state index in [1.54, 1.807) is 30.3 Å². The highest BCUT2D eigenvalue weighted by molar-refractivity contribution is 7.90. The summed E-state index contributed by atoms with van der Waals surface area (Å²) >= 11 is 0. The standard InChI is InChI=1S/C17H19FO2S/c1-17(2,3)15-10-6-9-14(16(15)18)12-7-5-8-13(11-12)21(4,19)20/h5-11H,1-4H3. The Morgan fingerprint density at radius 2 is 1.62 bits per heavy atom. The average molecular weight is 306 g/mol. The van der Waals surface area contributed by atoms with Gasteiger partial charge in [-0.15, -0.1) is 0 Å². The molecule has 0 amide bonds. The predicted octanol–water partition coefficient (Wildman–Crippen LogP) is 4.19. The van der Waals surface area contributed by atoms with Crippen LogP contribution < -0.4 is 0 Å². The maximum Gasteiger partial charge on any atom is 0.175 e. The van der Waals surface area contributed by atoms with E-state index in [-0.39, 0.29) is 16.1 Å². The Morgan fingerprint density at radius 3 is 2.19 bits per heavy atom. The second-order valence-corrected chi connectivity index (χ2v) is 8.23. The van der Waals surface area contributed by atoms with Gasteiger partial charge in [-0.1, -0.05) is 51.1 Å². The van der Waals surface area contributed by atoms with Crippen LogP contribution in [0.15, 0.2) is 47.4 Å². The van der Waals surface area contributed by atoms with Gasteiger partial charge < -0.3 is 0 Å². The van der Waals surface area contributed by atoms with Crippen LogP contribution in [-0.2, 0) is 15.3 Å². The maximum atomic E-state index is 14.7. The van der Waals surface area contributed by atoms with Crippen LogP contribution in [0.2, 0.25) is 0 Å². The van der Waals surface area contributed by atoms with E-state index in [4.69, 9.17) is 0 Å². The molecule has 0 saturated carbocycles. The normalized spacial score (nSPS) is 12.4. The van der Waals surface area contributed by atoms with Crippen molar-refractivity contribution in [3.8, 4) is 11.1 Å². The fourth-order valence-corrected chi connectivity index (χ4v) is 2.90. The zero-order valence-electron chi connectivity index (χ0n) is 12.6. The molecule has 0 atom stereocenters. The lowest BCUT2D eigenvalue weighted by Gasteiger charge is -2.21. The van der Waals surface area contributed by atoms with Crippen molar-refractivity contribution in [3.63, 3.8) is 0 Å². The van der Waals surface area contributed by atoms with Crippen LogP contribution in [0.3, 0.4) is 0 Å². The van der Waals surface area contributed by atoms with Crippen molar-refractivity contribution < 1.29 is 12.8 Å². The third-order valence-electron chi connectivity index (χ3n) is 3.38. The summed E-state index contributed by atoms with van der Waals surface area (Å²) < 4.78 is 38.0. The molecule has 0 aliphatic rings. The molecule has 2 rings (SSSR count). The number of benzene rings is 2. The smallest absolute Gasteiger partial charge is 0.175 e. The van der Waals surface area contributed by atoms with Crippen molar-refractivity contribution in [1.29, 1.82) is 0 Å². The Balaban J connectivity index is 2.64. The topological polar surface area (TPSA) is 34.1 Å². The van der Waals surface area contributed by atoms with E-state index in [1.807, 2.05) is 20.8 Å². The van der Waals surface area contributed by atoms with Gasteiger partial charge in [0.2, 0.25) is 0 Å². The van der Waals surface area contributed by atoms with Crippen molar-refractivity contribution in [1.82, 2.24) is 0 Å². The molecule has 0 aromatic heterocycles. The molecule has 112 valence electrons. The zero-order chi connectivity index (χ0) is 15.8. The molecule has 0 radical (unpaired) electrons. The van der Waals surface area contributed by atoms with Gasteiger partial charge in [-0.25, -0.2) is 12.8 Å². The average Bonchev–Trinajstić information content (AvgIpc) is 2.37. The Bertz CT molecular complexity index is 772. The van der Waals surface area contributed by atoms with Gasteiger partial charge in [0.1, 0.15) is 5.82 Å². The molecule has 21 heavy (non-hydrogen) atoms. The van der Waals surface area contributed by atoms with Crippen LogP contribution in [0.5, 0.6) is 0 Å². The molecular formula is C17H19FO2S. The van der Waals surface area contributed by atoms with E-state index in [9.17, 15) is 12.8 Å². The number of halogens is 1. The van der Waals surface area contributed by atoms with Gasteiger partial charge in [-0.05, 0) is 28.7 Å². The molecule has 0 spiro atoms. The minimum absolute atomic E-state index is 0.195. The first-order chi connectivity index (χ1) is 9.60. The van der Waals surface area contributed by atoms with E-state index in [0.717, 1.165) is 6.26 Å². The molecule has 2 aromatic carbocycles.